The predicted octanol–water partition coefficient (Wildman–Crippen LogP) is 6.08. The van der Waals surface area contributed by atoms with Crippen molar-refractivity contribution in [2.75, 3.05) is 5.32 Å². The van der Waals surface area contributed by atoms with Crippen molar-refractivity contribution in [1.29, 1.82) is 0 Å². The zero-order valence-corrected chi connectivity index (χ0v) is 16.3. The fourth-order valence-corrected chi connectivity index (χ4v) is 3.51. The summed E-state index contributed by atoms with van der Waals surface area (Å²) in [7, 11) is 0. The minimum atomic E-state index is -0.125. The Labute approximate surface area is 165 Å². The van der Waals surface area contributed by atoms with Gasteiger partial charge >= 0.3 is 0 Å². The van der Waals surface area contributed by atoms with E-state index in [-0.39, 0.29) is 5.91 Å². The first-order valence-corrected chi connectivity index (χ1v) is 9.37. The van der Waals surface area contributed by atoms with Crippen LogP contribution in [-0.4, -0.2) is 10.9 Å². The minimum absolute atomic E-state index is 0.125. The molecule has 0 aliphatic carbocycles. The van der Waals surface area contributed by atoms with Crippen LogP contribution in [0.1, 0.15) is 27.0 Å². The lowest BCUT2D eigenvalue weighted by molar-refractivity contribution is 0.102. The summed E-state index contributed by atoms with van der Waals surface area (Å²) in [5.41, 5.74) is 7.46. The van der Waals surface area contributed by atoms with Crippen molar-refractivity contribution >= 4 is 22.5 Å². The first-order valence-electron chi connectivity index (χ1n) is 9.37. The molecule has 0 atom stereocenters. The average Bonchev–Trinajstić information content (AvgIpc) is 2.69. The number of aromatic nitrogens is 1. The van der Waals surface area contributed by atoms with Gasteiger partial charge < -0.3 is 5.32 Å². The number of amides is 1. The smallest absolute Gasteiger partial charge is 0.256 e. The molecule has 28 heavy (non-hydrogen) atoms. The first kappa shape index (κ1) is 17.9. The second-order valence-electron chi connectivity index (χ2n) is 7.16. The van der Waals surface area contributed by atoms with Gasteiger partial charge in [0.1, 0.15) is 0 Å². The number of aryl methyl sites for hydroxylation is 3. The SMILES string of the molecule is Cc1ccc(NC(=O)c2cc(-c3ccccc3C)nc3ccccc23)c(C)c1. The van der Waals surface area contributed by atoms with Crippen LogP contribution in [0.3, 0.4) is 0 Å². The molecule has 3 nitrogen and oxygen atoms in total. The third kappa shape index (κ3) is 3.39. The van der Waals surface area contributed by atoms with Gasteiger partial charge in [0, 0.05) is 16.6 Å². The van der Waals surface area contributed by atoms with E-state index in [0.29, 0.717) is 5.56 Å². The van der Waals surface area contributed by atoms with Crippen LogP contribution in [0.15, 0.2) is 72.8 Å². The maximum Gasteiger partial charge on any atom is 0.256 e. The van der Waals surface area contributed by atoms with Gasteiger partial charge in [-0.3, -0.25) is 4.79 Å². The molecule has 4 aromatic rings. The Morgan fingerprint density at radius 1 is 0.821 bits per heavy atom. The Balaban J connectivity index is 1.83. The molecule has 0 saturated carbocycles. The molecular formula is C25H22N2O. The predicted molar refractivity (Wildman–Crippen MR) is 116 cm³/mol. The van der Waals surface area contributed by atoms with E-state index in [1.807, 2.05) is 74.5 Å². The number of benzene rings is 3. The zero-order valence-electron chi connectivity index (χ0n) is 16.3. The van der Waals surface area contributed by atoms with Gasteiger partial charge in [0.25, 0.3) is 5.91 Å². The second-order valence-corrected chi connectivity index (χ2v) is 7.16. The normalized spacial score (nSPS) is 10.8. The molecule has 0 radical (unpaired) electrons. The number of nitrogens with zero attached hydrogens (tertiary/aromatic N) is 1. The van der Waals surface area contributed by atoms with E-state index in [9.17, 15) is 4.79 Å². The number of hydrogen-bond acceptors (Lipinski definition) is 2. The summed E-state index contributed by atoms with van der Waals surface area (Å²) in [5, 5.41) is 3.92. The van der Waals surface area contributed by atoms with Crippen molar-refractivity contribution < 1.29 is 4.79 Å². The first-order chi connectivity index (χ1) is 13.5. The highest BCUT2D eigenvalue weighted by Gasteiger charge is 2.15. The van der Waals surface area contributed by atoms with E-state index in [1.165, 1.54) is 5.56 Å². The largest absolute Gasteiger partial charge is 0.322 e. The summed E-state index contributed by atoms with van der Waals surface area (Å²) in [4.78, 5) is 18.0. The van der Waals surface area contributed by atoms with Crippen molar-refractivity contribution in [3.63, 3.8) is 0 Å². The summed E-state index contributed by atoms with van der Waals surface area (Å²) in [6, 6.07) is 23.8. The highest BCUT2D eigenvalue weighted by molar-refractivity contribution is 6.13. The highest BCUT2D eigenvalue weighted by atomic mass is 16.1. The Morgan fingerprint density at radius 2 is 1.57 bits per heavy atom. The molecule has 1 N–H and O–H groups in total. The summed E-state index contributed by atoms with van der Waals surface area (Å²) < 4.78 is 0. The zero-order chi connectivity index (χ0) is 19.7. The molecule has 1 aromatic heterocycles. The third-order valence-electron chi connectivity index (χ3n) is 5.01. The van der Waals surface area contributed by atoms with Gasteiger partial charge in [0.15, 0.2) is 0 Å². The molecular weight excluding hydrogens is 344 g/mol. The minimum Gasteiger partial charge on any atom is -0.322 e. The molecule has 0 aliphatic rings. The van der Waals surface area contributed by atoms with Crippen LogP contribution in [0.25, 0.3) is 22.2 Å². The number of anilines is 1. The van der Waals surface area contributed by atoms with Gasteiger partial charge in [0.2, 0.25) is 0 Å². The van der Waals surface area contributed by atoms with Crippen molar-refractivity contribution in [2.45, 2.75) is 20.8 Å². The highest BCUT2D eigenvalue weighted by Crippen LogP contribution is 2.28. The molecule has 0 aliphatic heterocycles. The van der Waals surface area contributed by atoms with E-state index < -0.39 is 0 Å². The topological polar surface area (TPSA) is 42.0 Å². The van der Waals surface area contributed by atoms with Crippen LogP contribution in [0.5, 0.6) is 0 Å². The average molecular weight is 366 g/mol. The number of carbonyl (C=O) groups is 1. The molecule has 0 unspecified atom stereocenters. The van der Waals surface area contributed by atoms with Crippen LogP contribution in [0.2, 0.25) is 0 Å². The maximum absolute atomic E-state index is 13.2. The van der Waals surface area contributed by atoms with Crippen LogP contribution in [-0.2, 0) is 0 Å². The van der Waals surface area contributed by atoms with E-state index in [1.54, 1.807) is 0 Å². The number of pyridine rings is 1. The van der Waals surface area contributed by atoms with E-state index in [0.717, 1.165) is 39.0 Å². The molecule has 3 heteroatoms. The van der Waals surface area contributed by atoms with Crippen molar-refractivity contribution in [2.24, 2.45) is 0 Å². The second kappa shape index (κ2) is 7.28. The number of para-hydroxylation sites is 1. The molecule has 1 amide bonds. The molecule has 4 rings (SSSR count). The number of rotatable bonds is 3. The molecule has 0 spiro atoms. The van der Waals surface area contributed by atoms with Gasteiger partial charge in [0.05, 0.1) is 16.8 Å². The third-order valence-corrected chi connectivity index (χ3v) is 5.01. The van der Waals surface area contributed by atoms with Gasteiger partial charge in [-0.25, -0.2) is 4.98 Å². The summed E-state index contributed by atoms with van der Waals surface area (Å²) >= 11 is 0. The Kier molecular flexibility index (Phi) is 4.66. The standard InChI is InChI=1S/C25H22N2O/c1-16-12-13-22(18(3)14-16)27-25(28)21-15-24(19-9-5-4-8-17(19)2)26-23-11-7-6-10-20(21)23/h4-15H,1-3H3,(H,27,28). The van der Waals surface area contributed by atoms with E-state index in [4.69, 9.17) is 4.98 Å². The summed E-state index contributed by atoms with van der Waals surface area (Å²) in [5.74, 6) is -0.125. The Bertz CT molecular complexity index is 1190. The van der Waals surface area contributed by atoms with Crippen LogP contribution in [0, 0.1) is 20.8 Å². The molecule has 3 aromatic carbocycles. The summed E-state index contributed by atoms with van der Waals surface area (Å²) in [6.45, 7) is 6.11. The molecule has 0 bridgehead atoms. The lowest BCUT2D eigenvalue weighted by Gasteiger charge is -2.13. The van der Waals surface area contributed by atoms with Crippen LogP contribution >= 0.6 is 0 Å². The van der Waals surface area contributed by atoms with Crippen molar-refractivity contribution in [3.05, 3.63) is 95.1 Å². The Hall–Kier alpha value is -3.46. The Morgan fingerprint density at radius 3 is 2.36 bits per heavy atom. The van der Waals surface area contributed by atoms with Gasteiger partial charge in [-0.05, 0) is 50.1 Å². The number of fused-ring (bicyclic) bond motifs is 1. The van der Waals surface area contributed by atoms with Crippen LogP contribution in [0.4, 0.5) is 5.69 Å². The lowest BCUT2D eigenvalue weighted by Crippen LogP contribution is -2.14. The van der Waals surface area contributed by atoms with E-state index in [2.05, 4.69) is 24.4 Å². The van der Waals surface area contributed by atoms with Gasteiger partial charge in [-0.2, -0.15) is 0 Å². The lowest BCUT2D eigenvalue weighted by atomic mass is 10.0. The number of hydrogen-bond donors (Lipinski definition) is 1. The monoisotopic (exact) mass is 366 g/mol. The summed E-state index contributed by atoms with van der Waals surface area (Å²) in [6.07, 6.45) is 0. The number of nitrogens with one attached hydrogen (secondary N) is 1. The van der Waals surface area contributed by atoms with Crippen LogP contribution < -0.4 is 5.32 Å². The molecule has 138 valence electrons. The molecule has 1 heterocycles. The maximum atomic E-state index is 13.2. The fourth-order valence-electron chi connectivity index (χ4n) is 3.51. The molecule has 0 fully saturated rings. The van der Waals surface area contributed by atoms with E-state index >= 15 is 0 Å². The van der Waals surface area contributed by atoms with Gasteiger partial charge in [-0.15, -0.1) is 0 Å². The van der Waals surface area contributed by atoms with Crippen molar-refractivity contribution in [3.8, 4) is 11.3 Å². The quantitative estimate of drug-likeness (QED) is 0.477. The number of carbonyl (C=O) groups excluding carboxylic acids is 1. The van der Waals surface area contributed by atoms with Gasteiger partial charge in [-0.1, -0.05) is 60.2 Å². The van der Waals surface area contributed by atoms with Crippen molar-refractivity contribution in [1.82, 2.24) is 4.98 Å². The molecule has 0 saturated heterocycles. The fraction of sp³-hybridized carbons (Fsp3) is 0.120.